The molecule has 2 atom stereocenters. The van der Waals surface area contributed by atoms with Gasteiger partial charge in [0.2, 0.25) is 0 Å². The lowest BCUT2D eigenvalue weighted by Gasteiger charge is -2.39. The summed E-state index contributed by atoms with van der Waals surface area (Å²) in [5.41, 5.74) is 4.23. The predicted octanol–water partition coefficient (Wildman–Crippen LogP) is 4.39. The zero-order valence-electron chi connectivity index (χ0n) is 18.0. The van der Waals surface area contributed by atoms with E-state index in [4.69, 9.17) is 14.2 Å². The van der Waals surface area contributed by atoms with Crippen LogP contribution in [0.15, 0.2) is 35.2 Å². The molecule has 160 valence electrons. The van der Waals surface area contributed by atoms with Crippen molar-refractivity contribution >= 4 is 17.4 Å². The number of methoxy groups -OCH3 is 3. The second kappa shape index (κ2) is 8.23. The number of likely N-dealkylation sites (tertiary alicyclic amines) is 1. The number of ether oxygens (including phenoxy) is 3. The number of hydrogen-bond donors (Lipinski definition) is 0. The summed E-state index contributed by atoms with van der Waals surface area (Å²) in [7, 11) is 5.06. The topological polar surface area (TPSA) is 34.2 Å². The fraction of sp³-hybridized carbons (Fsp3) is 0.500. The van der Waals surface area contributed by atoms with Crippen molar-refractivity contribution in [3.8, 4) is 17.2 Å². The normalized spacial score (nSPS) is 22.8. The molecule has 0 amide bonds. The van der Waals surface area contributed by atoms with Crippen LogP contribution in [-0.4, -0.2) is 57.7 Å². The second-order valence-corrected chi connectivity index (χ2v) is 9.44. The van der Waals surface area contributed by atoms with Crippen molar-refractivity contribution in [2.75, 3.05) is 51.6 Å². The zero-order valence-corrected chi connectivity index (χ0v) is 18.8. The summed E-state index contributed by atoms with van der Waals surface area (Å²) in [5, 5.41) is 0. The molecule has 0 bridgehead atoms. The molecule has 0 aliphatic carbocycles. The van der Waals surface area contributed by atoms with Crippen LogP contribution in [0.5, 0.6) is 17.2 Å². The highest BCUT2D eigenvalue weighted by atomic mass is 32.2. The first-order chi connectivity index (χ1) is 14.7. The monoisotopic (exact) mass is 426 g/mol. The number of nitrogens with zero attached hydrogens (tertiary/aromatic N) is 2. The van der Waals surface area contributed by atoms with Crippen LogP contribution < -0.4 is 19.1 Å². The fourth-order valence-electron chi connectivity index (χ4n) is 5.41. The van der Waals surface area contributed by atoms with Gasteiger partial charge < -0.3 is 19.1 Å². The highest BCUT2D eigenvalue weighted by Crippen LogP contribution is 2.50. The largest absolute Gasteiger partial charge is 0.496 e. The van der Waals surface area contributed by atoms with E-state index in [2.05, 4.69) is 34.1 Å². The van der Waals surface area contributed by atoms with Crippen molar-refractivity contribution in [1.82, 2.24) is 4.90 Å². The maximum atomic E-state index is 5.67. The molecule has 0 radical (unpaired) electrons. The van der Waals surface area contributed by atoms with E-state index in [1.165, 1.54) is 35.7 Å². The molecule has 1 fully saturated rings. The van der Waals surface area contributed by atoms with Crippen LogP contribution >= 0.6 is 11.8 Å². The van der Waals surface area contributed by atoms with Crippen molar-refractivity contribution in [3.05, 3.63) is 41.5 Å². The molecule has 6 heteroatoms. The summed E-state index contributed by atoms with van der Waals surface area (Å²) in [6.07, 6.45) is 2.48. The van der Waals surface area contributed by atoms with E-state index in [1.807, 2.05) is 17.8 Å². The maximum Gasteiger partial charge on any atom is 0.164 e. The van der Waals surface area contributed by atoms with Gasteiger partial charge in [-0.15, -0.1) is 11.8 Å². The van der Waals surface area contributed by atoms with E-state index in [-0.39, 0.29) is 0 Å². The van der Waals surface area contributed by atoms with Gasteiger partial charge in [-0.2, -0.15) is 0 Å². The van der Waals surface area contributed by atoms with Gasteiger partial charge in [-0.25, -0.2) is 0 Å². The number of fused-ring (bicyclic) bond motifs is 3. The van der Waals surface area contributed by atoms with Crippen LogP contribution in [0, 0.1) is 0 Å². The molecule has 0 spiro atoms. The first-order valence-corrected chi connectivity index (χ1v) is 11.8. The van der Waals surface area contributed by atoms with E-state index in [0.29, 0.717) is 17.7 Å². The molecule has 3 aliphatic rings. The SMILES string of the molecule is COc1cc(OC)c(OC)cc1CN1CCC2C(C1)c1cccc3c1N2CCCS3. The lowest BCUT2D eigenvalue weighted by Crippen LogP contribution is -2.46. The van der Waals surface area contributed by atoms with Crippen molar-refractivity contribution < 1.29 is 14.2 Å². The Labute approximate surface area is 183 Å². The van der Waals surface area contributed by atoms with E-state index in [9.17, 15) is 0 Å². The summed E-state index contributed by atoms with van der Waals surface area (Å²) in [4.78, 5) is 6.78. The predicted molar refractivity (Wildman–Crippen MR) is 122 cm³/mol. The smallest absolute Gasteiger partial charge is 0.164 e. The molecular weight excluding hydrogens is 396 g/mol. The number of rotatable bonds is 5. The fourth-order valence-corrected chi connectivity index (χ4v) is 6.45. The van der Waals surface area contributed by atoms with Crippen molar-refractivity contribution in [2.24, 2.45) is 0 Å². The lowest BCUT2D eigenvalue weighted by molar-refractivity contribution is 0.184. The van der Waals surface area contributed by atoms with E-state index < -0.39 is 0 Å². The Balaban J connectivity index is 1.41. The lowest BCUT2D eigenvalue weighted by atomic mass is 9.89. The molecule has 0 aromatic heterocycles. The van der Waals surface area contributed by atoms with Gasteiger partial charge in [-0.1, -0.05) is 12.1 Å². The molecule has 5 rings (SSSR count). The van der Waals surface area contributed by atoms with Crippen LogP contribution in [-0.2, 0) is 6.54 Å². The van der Waals surface area contributed by atoms with Crippen LogP contribution in [0.25, 0.3) is 0 Å². The molecule has 0 saturated carbocycles. The third kappa shape index (κ3) is 3.30. The third-order valence-electron chi connectivity index (χ3n) is 6.76. The highest BCUT2D eigenvalue weighted by Gasteiger charge is 2.43. The van der Waals surface area contributed by atoms with Crippen molar-refractivity contribution in [2.45, 2.75) is 36.2 Å². The third-order valence-corrected chi connectivity index (χ3v) is 7.89. The van der Waals surface area contributed by atoms with Gasteiger partial charge in [0, 0.05) is 54.7 Å². The van der Waals surface area contributed by atoms with Gasteiger partial charge in [0.05, 0.1) is 27.0 Å². The van der Waals surface area contributed by atoms with Crippen molar-refractivity contribution in [1.29, 1.82) is 0 Å². The molecule has 30 heavy (non-hydrogen) atoms. The Kier molecular flexibility index (Phi) is 5.46. The zero-order chi connectivity index (χ0) is 20.7. The molecule has 2 aromatic carbocycles. The molecule has 2 unspecified atom stereocenters. The standard InChI is InChI=1S/C24H30N2O3S/c1-27-20-13-22(29-3)21(28-2)12-16(20)14-25-10-8-19-18(15-25)17-6-4-7-23-24(17)26(19)9-5-11-30-23/h4,6-7,12-13,18-19H,5,8-11,14-15H2,1-3H3. The van der Waals surface area contributed by atoms with E-state index in [0.717, 1.165) is 36.7 Å². The average Bonchev–Trinajstić information content (AvgIpc) is 2.93. The Hall–Kier alpha value is -2.05. The average molecular weight is 427 g/mol. The van der Waals surface area contributed by atoms with Crippen LogP contribution in [0.3, 0.4) is 0 Å². The molecule has 5 nitrogen and oxygen atoms in total. The van der Waals surface area contributed by atoms with Gasteiger partial charge in [-0.3, -0.25) is 4.90 Å². The Morgan fingerprint density at radius 3 is 2.60 bits per heavy atom. The number of benzene rings is 2. The minimum absolute atomic E-state index is 0.582. The molecule has 3 heterocycles. The quantitative estimate of drug-likeness (QED) is 0.706. The first kappa shape index (κ1) is 19.9. The van der Waals surface area contributed by atoms with Gasteiger partial charge in [0.25, 0.3) is 0 Å². The summed E-state index contributed by atoms with van der Waals surface area (Å²) >= 11 is 2.03. The number of anilines is 1. The van der Waals surface area contributed by atoms with Crippen LogP contribution in [0.4, 0.5) is 5.69 Å². The summed E-state index contributed by atoms with van der Waals surface area (Å²) in [5.74, 6) is 4.13. The van der Waals surface area contributed by atoms with E-state index in [1.54, 1.807) is 26.9 Å². The minimum Gasteiger partial charge on any atom is -0.496 e. The Morgan fingerprint density at radius 1 is 1.00 bits per heavy atom. The van der Waals surface area contributed by atoms with Crippen LogP contribution in [0.2, 0.25) is 0 Å². The number of thioether (sulfide) groups is 1. The van der Waals surface area contributed by atoms with E-state index >= 15 is 0 Å². The number of piperidine rings is 1. The summed E-state index contributed by atoms with van der Waals surface area (Å²) < 4.78 is 16.6. The van der Waals surface area contributed by atoms with Gasteiger partial charge in [-0.05, 0) is 36.3 Å². The molecule has 3 aliphatic heterocycles. The van der Waals surface area contributed by atoms with Crippen molar-refractivity contribution in [3.63, 3.8) is 0 Å². The summed E-state index contributed by atoms with van der Waals surface area (Å²) in [6.45, 7) is 4.24. The van der Waals surface area contributed by atoms with Gasteiger partial charge >= 0.3 is 0 Å². The highest BCUT2D eigenvalue weighted by molar-refractivity contribution is 7.99. The van der Waals surface area contributed by atoms with Crippen LogP contribution in [0.1, 0.15) is 29.9 Å². The first-order valence-electron chi connectivity index (χ1n) is 10.8. The summed E-state index contributed by atoms with van der Waals surface area (Å²) in [6, 6.07) is 11.6. The van der Waals surface area contributed by atoms with Gasteiger partial charge in [0.15, 0.2) is 11.5 Å². The molecule has 1 saturated heterocycles. The number of para-hydroxylation sites is 1. The molecular formula is C24H30N2O3S. The molecule has 0 N–H and O–H groups in total. The molecule has 2 aromatic rings. The second-order valence-electron chi connectivity index (χ2n) is 8.31. The number of hydrogen-bond acceptors (Lipinski definition) is 6. The Morgan fingerprint density at radius 2 is 1.80 bits per heavy atom. The van der Waals surface area contributed by atoms with Gasteiger partial charge in [0.1, 0.15) is 5.75 Å². The Bertz CT molecular complexity index is 935. The maximum absolute atomic E-state index is 5.67. The minimum atomic E-state index is 0.582.